The van der Waals surface area contributed by atoms with Gasteiger partial charge in [0.1, 0.15) is 0 Å². The number of nitrogens with two attached hydrogens (primary N) is 1. The predicted octanol–water partition coefficient (Wildman–Crippen LogP) is 1.33. The molecule has 0 fully saturated rings. The van der Waals surface area contributed by atoms with E-state index in [1.807, 2.05) is 19.9 Å². The average Bonchev–Trinajstić information content (AvgIpc) is 1.87. The first kappa shape index (κ1) is 8.37. The fourth-order valence-corrected chi connectivity index (χ4v) is 0.512. The van der Waals surface area contributed by atoms with Crippen LogP contribution in [0.15, 0.2) is 16.6 Å². The van der Waals surface area contributed by atoms with Gasteiger partial charge in [0.05, 0.1) is 6.17 Å². The molecule has 0 saturated carbocycles. The lowest BCUT2D eigenvalue weighted by Crippen LogP contribution is -2.16. The third kappa shape index (κ3) is 3.91. The van der Waals surface area contributed by atoms with Crippen molar-refractivity contribution in [3.8, 4) is 0 Å². The number of nitrogens with zero attached hydrogens (tertiary/aromatic N) is 1. The Balaban J connectivity index is 3.59. The van der Waals surface area contributed by atoms with Crippen LogP contribution in [0.4, 0.5) is 0 Å². The summed E-state index contributed by atoms with van der Waals surface area (Å²) in [6, 6.07) is 0. The van der Waals surface area contributed by atoms with Gasteiger partial charge in [-0.05, 0) is 20.6 Å². The smallest absolute Gasteiger partial charge is 0.0999 e. The topological polar surface area (TPSA) is 38.4 Å². The van der Waals surface area contributed by atoms with Crippen LogP contribution in [-0.4, -0.2) is 12.9 Å². The summed E-state index contributed by atoms with van der Waals surface area (Å²) >= 11 is 0. The highest BCUT2D eigenvalue weighted by Crippen LogP contribution is 2.01. The molecule has 0 saturated heterocycles. The van der Waals surface area contributed by atoms with Gasteiger partial charge in [0.25, 0.3) is 0 Å². The van der Waals surface area contributed by atoms with Gasteiger partial charge in [-0.1, -0.05) is 11.6 Å². The molecule has 0 aromatic rings. The van der Waals surface area contributed by atoms with Gasteiger partial charge in [0.15, 0.2) is 0 Å². The summed E-state index contributed by atoms with van der Waals surface area (Å²) < 4.78 is 0. The highest BCUT2D eigenvalue weighted by Gasteiger charge is 1.95. The summed E-state index contributed by atoms with van der Waals surface area (Å²) in [6.45, 7) is 7.37. The van der Waals surface area contributed by atoms with Crippen LogP contribution in [-0.2, 0) is 0 Å². The Morgan fingerprint density at radius 2 is 2.44 bits per heavy atom. The fourth-order valence-electron chi connectivity index (χ4n) is 0.512. The van der Waals surface area contributed by atoms with Crippen LogP contribution in [0.5, 0.6) is 0 Å². The lowest BCUT2D eigenvalue weighted by Gasteiger charge is -2.03. The van der Waals surface area contributed by atoms with Crippen molar-refractivity contribution in [1.29, 1.82) is 0 Å². The molecule has 0 aromatic carbocycles. The second kappa shape index (κ2) is 4.27. The Bertz CT molecular complexity index is 116. The summed E-state index contributed by atoms with van der Waals surface area (Å²) in [6.07, 6.45) is 2.73. The third-order valence-electron chi connectivity index (χ3n) is 1.26. The molecule has 1 unspecified atom stereocenters. The molecule has 2 N–H and O–H groups in total. The van der Waals surface area contributed by atoms with Crippen molar-refractivity contribution < 1.29 is 0 Å². The van der Waals surface area contributed by atoms with Gasteiger partial charge < -0.3 is 5.73 Å². The van der Waals surface area contributed by atoms with E-state index >= 15 is 0 Å². The zero-order valence-corrected chi connectivity index (χ0v) is 6.09. The van der Waals surface area contributed by atoms with Crippen molar-refractivity contribution >= 4 is 6.72 Å². The maximum atomic E-state index is 5.48. The van der Waals surface area contributed by atoms with E-state index in [0.29, 0.717) is 0 Å². The van der Waals surface area contributed by atoms with Crippen molar-refractivity contribution in [3.05, 3.63) is 11.6 Å². The average molecular weight is 126 g/mol. The minimum absolute atomic E-state index is 0.124. The number of rotatable bonds is 3. The van der Waals surface area contributed by atoms with Crippen LogP contribution >= 0.6 is 0 Å². The Kier molecular flexibility index (Phi) is 3.97. The first-order valence-electron chi connectivity index (χ1n) is 3.04. The van der Waals surface area contributed by atoms with Crippen molar-refractivity contribution in [2.24, 2.45) is 10.7 Å². The van der Waals surface area contributed by atoms with Gasteiger partial charge in [0, 0.05) is 6.42 Å². The van der Waals surface area contributed by atoms with Gasteiger partial charge in [-0.25, -0.2) is 0 Å². The van der Waals surface area contributed by atoms with Crippen LogP contribution in [0.3, 0.4) is 0 Å². The molecule has 1 atom stereocenters. The fraction of sp³-hybridized carbons (Fsp3) is 0.571. The molecule has 2 heteroatoms. The third-order valence-corrected chi connectivity index (χ3v) is 1.26. The Hall–Kier alpha value is -0.630. The normalized spacial score (nSPS) is 15.2. The first-order chi connectivity index (χ1) is 4.20. The minimum atomic E-state index is -0.124. The maximum absolute atomic E-state index is 5.48. The summed E-state index contributed by atoms with van der Waals surface area (Å²) in [5.41, 5.74) is 6.74. The van der Waals surface area contributed by atoms with Gasteiger partial charge in [0.2, 0.25) is 0 Å². The van der Waals surface area contributed by atoms with E-state index < -0.39 is 0 Å². The predicted molar refractivity (Wildman–Crippen MR) is 41.6 cm³/mol. The van der Waals surface area contributed by atoms with Gasteiger partial charge in [-0.3, -0.25) is 4.99 Å². The Morgan fingerprint density at radius 3 is 2.78 bits per heavy atom. The first-order valence-corrected chi connectivity index (χ1v) is 3.04. The molecule has 0 aliphatic rings. The number of aliphatic imine (C=N–C) groups is 1. The minimum Gasteiger partial charge on any atom is -0.310 e. The molecule has 0 aromatic heterocycles. The molecule has 0 rings (SSSR count). The molecule has 0 radical (unpaired) electrons. The maximum Gasteiger partial charge on any atom is 0.0999 e. The highest BCUT2D eigenvalue weighted by atomic mass is 14.9. The van der Waals surface area contributed by atoms with Gasteiger partial charge in [-0.2, -0.15) is 0 Å². The number of hydrogen-bond acceptors (Lipinski definition) is 2. The van der Waals surface area contributed by atoms with Crippen LogP contribution in [0.2, 0.25) is 0 Å². The molecule has 9 heavy (non-hydrogen) atoms. The molecule has 0 heterocycles. The second-order valence-electron chi connectivity index (χ2n) is 2.09. The molecule has 0 amide bonds. The van der Waals surface area contributed by atoms with E-state index in [0.717, 1.165) is 6.42 Å². The summed E-state index contributed by atoms with van der Waals surface area (Å²) in [7, 11) is 0. The van der Waals surface area contributed by atoms with Crippen molar-refractivity contribution in [1.82, 2.24) is 0 Å². The van der Waals surface area contributed by atoms with E-state index in [4.69, 9.17) is 5.73 Å². The summed E-state index contributed by atoms with van der Waals surface area (Å²) in [5.74, 6) is 0. The van der Waals surface area contributed by atoms with E-state index in [1.165, 1.54) is 5.57 Å². The van der Waals surface area contributed by atoms with Crippen LogP contribution in [0.1, 0.15) is 20.3 Å². The zero-order valence-electron chi connectivity index (χ0n) is 6.09. The van der Waals surface area contributed by atoms with Crippen molar-refractivity contribution in [2.75, 3.05) is 0 Å². The largest absolute Gasteiger partial charge is 0.310 e. The molecule has 52 valence electrons. The summed E-state index contributed by atoms with van der Waals surface area (Å²) in [5, 5.41) is 0. The lowest BCUT2D eigenvalue weighted by atomic mass is 10.2. The molecular weight excluding hydrogens is 112 g/mol. The highest BCUT2D eigenvalue weighted by molar-refractivity contribution is 5.24. The van der Waals surface area contributed by atoms with Crippen molar-refractivity contribution in [3.63, 3.8) is 0 Å². The molecule has 0 bridgehead atoms. The Labute approximate surface area is 56.5 Å². The second-order valence-corrected chi connectivity index (χ2v) is 2.09. The summed E-state index contributed by atoms with van der Waals surface area (Å²) in [4.78, 5) is 3.66. The monoisotopic (exact) mass is 126 g/mol. The molecular formula is C7H14N2. The molecule has 0 aliphatic carbocycles. The van der Waals surface area contributed by atoms with E-state index in [-0.39, 0.29) is 6.17 Å². The lowest BCUT2D eigenvalue weighted by molar-refractivity contribution is 0.704. The number of hydrogen-bond donors (Lipinski definition) is 1. The standard InChI is InChI=1S/C7H14N2/c1-4-6(2)5-7(8)9-3/h4,7H,3,5,8H2,1-2H3/b6-4-. The van der Waals surface area contributed by atoms with Crippen molar-refractivity contribution in [2.45, 2.75) is 26.4 Å². The van der Waals surface area contributed by atoms with Crippen LogP contribution in [0, 0.1) is 0 Å². The molecule has 0 spiro atoms. The quantitative estimate of drug-likeness (QED) is 0.449. The zero-order chi connectivity index (χ0) is 7.28. The molecule has 2 nitrogen and oxygen atoms in total. The van der Waals surface area contributed by atoms with Crippen LogP contribution < -0.4 is 5.73 Å². The molecule has 0 aliphatic heterocycles. The number of allylic oxidation sites excluding steroid dienone is 1. The van der Waals surface area contributed by atoms with Gasteiger partial charge in [-0.15, -0.1) is 0 Å². The Morgan fingerprint density at radius 1 is 1.89 bits per heavy atom. The van der Waals surface area contributed by atoms with E-state index in [1.54, 1.807) is 0 Å². The van der Waals surface area contributed by atoms with E-state index in [2.05, 4.69) is 11.7 Å². The van der Waals surface area contributed by atoms with Crippen LogP contribution in [0.25, 0.3) is 0 Å². The SMILES string of the molecule is C=NC(N)C/C(C)=C\C. The van der Waals surface area contributed by atoms with Gasteiger partial charge >= 0.3 is 0 Å². The van der Waals surface area contributed by atoms with E-state index in [9.17, 15) is 0 Å².